The first kappa shape index (κ1) is 13.1. The summed E-state index contributed by atoms with van der Waals surface area (Å²) in [4.78, 5) is 15.8. The highest BCUT2D eigenvalue weighted by Gasteiger charge is 2.32. The first-order valence-electron chi connectivity index (χ1n) is 6.50. The van der Waals surface area contributed by atoms with E-state index in [-0.39, 0.29) is 11.3 Å². The smallest absolute Gasteiger partial charge is 0.341 e. The minimum atomic E-state index is -1.19. The third-order valence-corrected chi connectivity index (χ3v) is 3.40. The zero-order valence-electron chi connectivity index (χ0n) is 11.4. The molecule has 2 aromatic carbocycles. The van der Waals surface area contributed by atoms with Crippen molar-refractivity contribution in [2.45, 2.75) is 6.92 Å². The van der Waals surface area contributed by atoms with E-state index in [9.17, 15) is 15.0 Å². The van der Waals surface area contributed by atoms with E-state index in [1.165, 1.54) is 0 Å². The molecule has 0 spiro atoms. The summed E-state index contributed by atoms with van der Waals surface area (Å²) < 4.78 is 0. The van der Waals surface area contributed by atoms with Crippen LogP contribution in [0, 0.1) is 6.92 Å². The summed E-state index contributed by atoms with van der Waals surface area (Å²) in [5, 5.41) is 19.5. The van der Waals surface area contributed by atoms with Crippen LogP contribution in [0.3, 0.4) is 0 Å². The van der Waals surface area contributed by atoms with Gasteiger partial charge in [-0.3, -0.25) is 0 Å². The molecule has 0 saturated carbocycles. The van der Waals surface area contributed by atoms with Crippen molar-refractivity contribution in [3.8, 4) is 0 Å². The number of aliphatic imine (C=N–C) groups is 1. The Labute approximate surface area is 121 Å². The van der Waals surface area contributed by atoms with Crippen LogP contribution < -0.4 is 0 Å². The monoisotopic (exact) mass is 279 g/mol. The molecule has 2 aromatic rings. The van der Waals surface area contributed by atoms with Gasteiger partial charge in [0.2, 0.25) is 0 Å². The van der Waals surface area contributed by atoms with E-state index in [1.54, 1.807) is 24.3 Å². The van der Waals surface area contributed by atoms with Gasteiger partial charge < -0.3 is 10.2 Å². The Morgan fingerprint density at radius 3 is 2.24 bits per heavy atom. The van der Waals surface area contributed by atoms with Crippen molar-refractivity contribution in [2.24, 2.45) is 4.99 Å². The maximum Gasteiger partial charge on any atom is 0.341 e. The highest BCUT2D eigenvalue weighted by Crippen LogP contribution is 2.33. The van der Waals surface area contributed by atoms with Crippen LogP contribution in [0.4, 0.5) is 5.69 Å². The third-order valence-electron chi connectivity index (χ3n) is 3.40. The fraction of sp³-hybridized carbons (Fsp3) is 0.0588. The molecule has 3 rings (SSSR count). The Hall–Kier alpha value is -2.88. The molecule has 0 saturated heterocycles. The lowest BCUT2D eigenvalue weighted by molar-refractivity contribution is -0.132. The van der Waals surface area contributed by atoms with Gasteiger partial charge in [-0.2, -0.15) is 0 Å². The maximum atomic E-state index is 11.4. The molecule has 0 aromatic heterocycles. The number of carbonyl (C=O) groups is 1. The van der Waals surface area contributed by atoms with Gasteiger partial charge in [0.25, 0.3) is 0 Å². The minimum absolute atomic E-state index is 0.156. The summed E-state index contributed by atoms with van der Waals surface area (Å²) in [5.41, 5.74) is 3.02. The predicted molar refractivity (Wildman–Crippen MR) is 81.0 cm³/mol. The Kier molecular flexibility index (Phi) is 3.06. The van der Waals surface area contributed by atoms with E-state index in [4.69, 9.17) is 0 Å². The van der Waals surface area contributed by atoms with E-state index < -0.39 is 5.97 Å². The van der Waals surface area contributed by atoms with Crippen LogP contribution in [0.15, 0.2) is 59.1 Å². The molecule has 0 bridgehead atoms. The molecular formula is C17H13NO3. The van der Waals surface area contributed by atoms with Gasteiger partial charge >= 0.3 is 5.97 Å². The van der Waals surface area contributed by atoms with Crippen LogP contribution in [-0.2, 0) is 4.79 Å². The van der Waals surface area contributed by atoms with Crippen molar-refractivity contribution in [1.82, 2.24) is 0 Å². The molecule has 4 nitrogen and oxygen atoms in total. The number of carboxylic acid groups (broad SMARTS) is 1. The van der Waals surface area contributed by atoms with Gasteiger partial charge in [-0.1, -0.05) is 42.0 Å². The van der Waals surface area contributed by atoms with Gasteiger partial charge in [0, 0.05) is 11.1 Å². The van der Waals surface area contributed by atoms with Crippen molar-refractivity contribution in [3.05, 3.63) is 70.8 Å². The normalized spacial score (nSPS) is 15.4. The summed E-state index contributed by atoms with van der Waals surface area (Å²) >= 11 is 0. The summed E-state index contributed by atoms with van der Waals surface area (Å²) in [5.74, 6) is -1.42. The van der Waals surface area contributed by atoms with Crippen LogP contribution in [0.2, 0.25) is 0 Å². The van der Waals surface area contributed by atoms with Gasteiger partial charge in [0.15, 0.2) is 0 Å². The van der Waals surface area contributed by atoms with Crippen molar-refractivity contribution in [2.75, 3.05) is 0 Å². The van der Waals surface area contributed by atoms with E-state index >= 15 is 0 Å². The Morgan fingerprint density at radius 1 is 1.00 bits per heavy atom. The molecule has 104 valence electrons. The van der Waals surface area contributed by atoms with Crippen LogP contribution in [0.25, 0.3) is 5.76 Å². The van der Waals surface area contributed by atoms with Gasteiger partial charge in [0.1, 0.15) is 11.3 Å². The van der Waals surface area contributed by atoms with E-state index in [1.807, 2.05) is 31.2 Å². The molecule has 2 N–H and O–H groups in total. The summed E-state index contributed by atoms with van der Waals surface area (Å²) in [7, 11) is 0. The molecule has 0 aliphatic heterocycles. The molecule has 1 aliphatic carbocycles. The highest BCUT2D eigenvalue weighted by atomic mass is 16.4. The van der Waals surface area contributed by atoms with Gasteiger partial charge in [-0.05, 0) is 19.1 Å². The Morgan fingerprint density at radius 2 is 1.62 bits per heavy atom. The second-order valence-electron chi connectivity index (χ2n) is 4.87. The van der Waals surface area contributed by atoms with Crippen molar-refractivity contribution in [3.63, 3.8) is 0 Å². The lowest BCUT2D eigenvalue weighted by Gasteiger charge is -2.03. The van der Waals surface area contributed by atoms with E-state index in [2.05, 4.69) is 4.99 Å². The van der Waals surface area contributed by atoms with Crippen molar-refractivity contribution < 1.29 is 15.0 Å². The van der Waals surface area contributed by atoms with Gasteiger partial charge in [-0.25, -0.2) is 9.79 Å². The first-order valence-corrected chi connectivity index (χ1v) is 6.50. The van der Waals surface area contributed by atoms with Crippen LogP contribution in [0.1, 0.15) is 16.7 Å². The first-order chi connectivity index (χ1) is 10.1. The Balaban J connectivity index is 2.20. The summed E-state index contributed by atoms with van der Waals surface area (Å²) in [6.07, 6.45) is 0. The van der Waals surface area contributed by atoms with Gasteiger partial charge in [-0.15, -0.1) is 0 Å². The lowest BCUT2D eigenvalue weighted by Crippen LogP contribution is -2.10. The second kappa shape index (κ2) is 4.90. The molecule has 1 aliphatic rings. The topological polar surface area (TPSA) is 69.9 Å². The molecule has 0 radical (unpaired) electrons. The molecule has 0 fully saturated rings. The summed E-state index contributed by atoms with van der Waals surface area (Å²) in [6.45, 7) is 1.97. The summed E-state index contributed by atoms with van der Waals surface area (Å²) in [6, 6.07) is 14.4. The van der Waals surface area contributed by atoms with Crippen molar-refractivity contribution >= 4 is 23.1 Å². The molecule has 0 amide bonds. The van der Waals surface area contributed by atoms with Gasteiger partial charge in [0.05, 0.1) is 11.4 Å². The molecule has 0 unspecified atom stereocenters. The van der Waals surface area contributed by atoms with Crippen LogP contribution in [-0.4, -0.2) is 21.9 Å². The van der Waals surface area contributed by atoms with E-state index in [0.29, 0.717) is 22.5 Å². The van der Waals surface area contributed by atoms with Crippen LogP contribution in [0.5, 0.6) is 0 Å². The largest absolute Gasteiger partial charge is 0.506 e. The van der Waals surface area contributed by atoms with Crippen LogP contribution >= 0.6 is 0 Å². The lowest BCUT2D eigenvalue weighted by atomic mass is 10.1. The number of rotatable bonds is 2. The number of aliphatic carboxylic acids is 1. The third kappa shape index (κ3) is 2.21. The standard InChI is InChI=1S/C17H13NO3/c1-10-6-8-11(9-7-10)18-15-12-4-2-3-5-13(12)16(19)14(15)17(20)21/h2-9,19H,1H3,(H,20,21). The number of fused-ring (bicyclic) bond motifs is 1. The number of hydrogen-bond acceptors (Lipinski definition) is 3. The number of hydrogen-bond donors (Lipinski definition) is 2. The molecular weight excluding hydrogens is 266 g/mol. The number of aryl methyl sites for hydroxylation is 1. The number of carboxylic acids is 1. The van der Waals surface area contributed by atoms with Crippen molar-refractivity contribution in [1.29, 1.82) is 0 Å². The average molecular weight is 279 g/mol. The number of benzene rings is 2. The number of aliphatic hydroxyl groups excluding tert-OH is 1. The quantitative estimate of drug-likeness (QED) is 0.884. The molecule has 0 atom stereocenters. The predicted octanol–water partition coefficient (Wildman–Crippen LogP) is 3.48. The fourth-order valence-electron chi connectivity index (χ4n) is 2.34. The second-order valence-corrected chi connectivity index (χ2v) is 4.87. The molecule has 21 heavy (non-hydrogen) atoms. The number of nitrogens with zero attached hydrogens (tertiary/aromatic N) is 1. The SMILES string of the molecule is Cc1ccc(N=C2C(C(=O)O)=C(O)c3ccccc32)cc1. The zero-order chi connectivity index (χ0) is 15.0. The average Bonchev–Trinajstić information content (AvgIpc) is 2.75. The fourth-order valence-corrected chi connectivity index (χ4v) is 2.34. The maximum absolute atomic E-state index is 11.4. The highest BCUT2D eigenvalue weighted by molar-refractivity contribution is 6.34. The zero-order valence-corrected chi connectivity index (χ0v) is 11.4. The van der Waals surface area contributed by atoms with E-state index in [0.717, 1.165) is 5.56 Å². The molecule has 0 heterocycles. The number of aliphatic hydroxyl groups is 1. The minimum Gasteiger partial charge on any atom is -0.506 e. The molecule has 4 heteroatoms. The Bertz CT molecular complexity index is 786.